The second-order valence-electron chi connectivity index (χ2n) is 5.50. The molecule has 21 heavy (non-hydrogen) atoms. The second kappa shape index (κ2) is 7.02. The number of hydrogen-bond donors (Lipinski definition) is 0. The highest BCUT2D eigenvalue weighted by molar-refractivity contribution is 5.89. The van der Waals surface area contributed by atoms with Crippen molar-refractivity contribution in [3.63, 3.8) is 0 Å². The molecule has 1 aromatic heterocycles. The molecule has 0 aliphatic carbocycles. The highest BCUT2D eigenvalue weighted by atomic mass is 16.5. The summed E-state index contributed by atoms with van der Waals surface area (Å²) in [5, 5.41) is 0. The smallest absolute Gasteiger partial charge is 0.338 e. The third-order valence-electron chi connectivity index (χ3n) is 3.43. The SMILES string of the molecule is Cc1ccc(C(=O)OCCc2cc[n+](C(C)C)cc2)cc1. The summed E-state index contributed by atoms with van der Waals surface area (Å²) in [6.45, 7) is 6.68. The summed E-state index contributed by atoms with van der Waals surface area (Å²) in [7, 11) is 0. The zero-order valence-corrected chi connectivity index (χ0v) is 12.9. The summed E-state index contributed by atoms with van der Waals surface area (Å²) in [4.78, 5) is 11.9. The fourth-order valence-electron chi connectivity index (χ4n) is 2.01. The van der Waals surface area contributed by atoms with Crippen LogP contribution in [0, 0.1) is 6.92 Å². The third-order valence-corrected chi connectivity index (χ3v) is 3.43. The molecule has 0 unspecified atom stereocenters. The molecule has 0 N–H and O–H groups in total. The van der Waals surface area contributed by atoms with Crippen molar-refractivity contribution in [2.75, 3.05) is 6.61 Å². The molecule has 0 radical (unpaired) electrons. The van der Waals surface area contributed by atoms with E-state index in [-0.39, 0.29) is 5.97 Å². The number of carbonyl (C=O) groups excluding carboxylic acids is 1. The Balaban J connectivity index is 1.83. The van der Waals surface area contributed by atoms with Gasteiger partial charge in [-0.05, 0) is 38.5 Å². The third kappa shape index (κ3) is 4.42. The predicted octanol–water partition coefficient (Wildman–Crippen LogP) is 3.26. The summed E-state index contributed by atoms with van der Waals surface area (Å²) < 4.78 is 7.44. The molecule has 1 heterocycles. The summed E-state index contributed by atoms with van der Waals surface area (Å²) in [5.74, 6) is -0.261. The van der Waals surface area contributed by atoms with Crippen molar-refractivity contribution in [1.29, 1.82) is 0 Å². The van der Waals surface area contributed by atoms with Crippen molar-refractivity contribution in [1.82, 2.24) is 0 Å². The van der Waals surface area contributed by atoms with E-state index in [2.05, 4.69) is 42.9 Å². The standard InChI is InChI=1S/C18H22NO2/c1-14(2)19-11-8-16(9-12-19)10-13-21-18(20)17-6-4-15(3)5-7-17/h4-9,11-12,14H,10,13H2,1-3H3/q+1. The first-order valence-corrected chi connectivity index (χ1v) is 7.30. The van der Waals surface area contributed by atoms with Crippen molar-refractivity contribution < 1.29 is 14.1 Å². The molecule has 0 aliphatic heterocycles. The highest BCUT2D eigenvalue weighted by Crippen LogP contribution is 2.06. The van der Waals surface area contributed by atoms with E-state index in [0.29, 0.717) is 18.2 Å². The lowest BCUT2D eigenvalue weighted by atomic mass is 10.1. The van der Waals surface area contributed by atoms with E-state index >= 15 is 0 Å². The first-order valence-electron chi connectivity index (χ1n) is 7.30. The van der Waals surface area contributed by atoms with Gasteiger partial charge in [-0.1, -0.05) is 17.7 Å². The number of esters is 1. The molecule has 0 amide bonds. The van der Waals surface area contributed by atoms with Crippen LogP contribution in [-0.4, -0.2) is 12.6 Å². The molecule has 0 spiro atoms. The van der Waals surface area contributed by atoms with Crippen LogP contribution in [0.1, 0.15) is 41.4 Å². The van der Waals surface area contributed by atoms with Gasteiger partial charge < -0.3 is 4.74 Å². The molecular formula is C18H22NO2+. The van der Waals surface area contributed by atoms with Gasteiger partial charge >= 0.3 is 5.97 Å². The van der Waals surface area contributed by atoms with Gasteiger partial charge in [-0.25, -0.2) is 9.36 Å². The molecule has 1 aromatic carbocycles. The molecule has 0 bridgehead atoms. The Bertz CT molecular complexity index is 586. The minimum Gasteiger partial charge on any atom is -0.462 e. The number of carbonyl (C=O) groups is 1. The number of nitrogens with zero attached hydrogens (tertiary/aromatic N) is 1. The van der Waals surface area contributed by atoms with Crippen molar-refractivity contribution in [2.45, 2.75) is 33.2 Å². The van der Waals surface area contributed by atoms with Crippen molar-refractivity contribution >= 4 is 5.97 Å². The van der Waals surface area contributed by atoms with E-state index in [4.69, 9.17) is 4.74 Å². The van der Waals surface area contributed by atoms with Crippen LogP contribution in [0.2, 0.25) is 0 Å². The van der Waals surface area contributed by atoms with E-state index in [1.165, 1.54) is 5.56 Å². The molecule has 0 saturated carbocycles. The lowest BCUT2D eigenvalue weighted by Crippen LogP contribution is -2.35. The Kier molecular flexibility index (Phi) is 5.09. The van der Waals surface area contributed by atoms with Crippen LogP contribution < -0.4 is 4.57 Å². The van der Waals surface area contributed by atoms with Crippen molar-refractivity contribution in [2.24, 2.45) is 0 Å². The van der Waals surface area contributed by atoms with Gasteiger partial charge in [0, 0.05) is 18.6 Å². The summed E-state index contributed by atoms with van der Waals surface area (Å²) in [6, 6.07) is 12.0. The first-order chi connectivity index (χ1) is 10.1. The highest BCUT2D eigenvalue weighted by Gasteiger charge is 2.08. The molecule has 0 aliphatic rings. The topological polar surface area (TPSA) is 30.2 Å². The predicted molar refractivity (Wildman–Crippen MR) is 82.2 cm³/mol. The van der Waals surface area contributed by atoms with Crippen LogP contribution in [0.4, 0.5) is 0 Å². The van der Waals surface area contributed by atoms with Crippen LogP contribution in [0.15, 0.2) is 48.8 Å². The maximum Gasteiger partial charge on any atom is 0.338 e. The summed E-state index contributed by atoms with van der Waals surface area (Å²) >= 11 is 0. The van der Waals surface area contributed by atoms with Crippen LogP contribution >= 0.6 is 0 Å². The number of rotatable bonds is 5. The Hall–Kier alpha value is -2.16. The van der Waals surface area contributed by atoms with E-state index < -0.39 is 0 Å². The fraction of sp³-hybridized carbons (Fsp3) is 0.333. The monoisotopic (exact) mass is 284 g/mol. The minimum absolute atomic E-state index is 0.261. The molecule has 2 aromatic rings. The average molecular weight is 284 g/mol. The van der Waals surface area contributed by atoms with Crippen LogP contribution in [0.3, 0.4) is 0 Å². The Morgan fingerprint density at radius 2 is 1.71 bits per heavy atom. The van der Waals surface area contributed by atoms with Gasteiger partial charge in [0.05, 0.1) is 12.2 Å². The van der Waals surface area contributed by atoms with E-state index in [0.717, 1.165) is 12.0 Å². The summed E-state index contributed by atoms with van der Waals surface area (Å²) in [6.07, 6.45) is 4.85. The lowest BCUT2D eigenvalue weighted by molar-refractivity contribution is -0.716. The van der Waals surface area contributed by atoms with Gasteiger partial charge in [0.1, 0.15) is 0 Å². The second-order valence-corrected chi connectivity index (χ2v) is 5.50. The number of ether oxygens (including phenoxy) is 1. The zero-order valence-electron chi connectivity index (χ0n) is 12.9. The van der Waals surface area contributed by atoms with Gasteiger partial charge in [0.2, 0.25) is 0 Å². The first kappa shape index (κ1) is 15.2. The largest absolute Gasteiger partial charge is 0.462 e. The number of pyridine rings is 1. The van der Waals surface area contributed by atoms with Crippen molar-refractivity contribution in [3.8, 4) is 0 Å². The molecule has 110 valence electrons. The number of benzene rings is 1. The van der Waals surface area contributed by atoms with E-state index in [1.54, 1.807) is 12.1 Å². The normalized spacial score (nSPS) is 10.7. The van der Waals surface area contributed by atoms with E-state index in [9.17, 15) is 4.79 Å². The molecule has 3 heteroatoms. The fourth-order valence-corrected chi connectivity index (χ4v) is 2.01. The molecule has 3 nitrogen and oxygen atoms in total. The maximum absolute atomic E-state index is 11.9. The molecule has 2 rings (SSSR count). The van der Waals surface area contributed by atoms with Crippen LogP contribution in [-0.2, 0) is 11.2 Å². The molecule has 0 saturated heterocycles. The quantitative estimate of drug-likeness (QED) is 0.623. The van der Waals surface area contributed by atoms with Gasteiger partial charge in [-0.15, -0.1) is 0 Å². The molecule has 0 fully saturated rings. The number of aromatic nitrogens is 1. The minimum atomic E-state index is -0.261. The summed E-state index contributed by atoms with van der Waals surface area (Å²) in [5.41, 5.74) is 2.91. The van der Waals surface area contributed by atoms with Gasteiger partial charge in [-0.3, -0.25) is 0 Å². The number of aryl methyl sites for hydroxylation is 1. The van der Waals surface area contributed by atoms with Gasteiger partial charge in [-0.2, -0.15) is 0 Å². The van der Waals surface area contributed by atoms with Crippen LogP contribution in [0.5, 0.6) is 0 Å². The Morgan fingerprint density at radius 1 is 1.10 bits per heavy atom. The number of hydrogen-bond acceptors (Lipinski definition) is 2. The van der Waals surface area contributed by atoms with Gasteiger partial charge in [0.15, 0.2) is 18.4 Å². The Morgan fingerprint density at radius 3 is 2.29 bits per heavy atom. The van der Waals surface area contributed by atoms with Crippen LogP contribution in [0.25, 0.3) is 0 Å². The average Bonchev–Trinajstić information content (AvgIpc) is 2.48. The lowest BCUT2D eigenvalue weighted by Gasteiger charge is -2.05. The van der Waals surface area contributed by atoms with Gasteiger partial charge in [0.25, 0.3) is 0 Å². The van der Waals surface area contributed by atoms with Crippen molar-refractivity contribution in [3.05, 3.63) is 65.5 Å². The van der Waals surface area contributed by atoms with E-state index in [1.807, 2.05) is 19.1 Å². The molecular weight excluding hydrogens is 262 g/mol. The Labute approximate surface area is 126 Å². The zero-order chi connectivity index (χ0) is 15.2. The maximum atomic E-state index is 11.9. The molecule has 0 atom stereocenters.